The van der Waals surface area contributed by atoms with Crippen LogP contribution in [0.2, 0.25) is 0 Å². The SMILES string of the molecule is O=C(c1cc(C(=O)N2CCCCC2)c2cc(OCc3nc4ccccc4s3)ccc2n1)N1CC[C@H]2OCCC[C@@H]2C1. The topological polar surface area (TPSA) is 84.9 Å². The number of hydrogen-bond donors (Lipinski definition) is 0. The first kappa shape index (κ1) is 26.3. The van der Waals surface area contributed by atoms with Crippen molar-refractivity contribution in [2.24, 2.45) is 5.92 Å². The fourth-order valence-corrected chi connectivity index (χ4v) is 7.29. The van der Waals surface area contributed by atoms with E-state index < -0.39 is 0 Å². The highest BCUT2D eigenvalue weighted by atomic mass is 32.1. The first-order valence-electron chi connectivity index (χ1n) is 14.7. The highest BCUT2D eigenvalue weighted by Crippen LogP contribution is 2.31. The number of ether oxygens (including phenoxy) is 2. The van der Waals surface area contributed by atoms with E-state index in [-0.39, 0.29) is 17.9 Å². The Morgan fingerprint density at radius 2 is 1.78 bits per heavy atom. The van der Waals surface area contributed by atoms with Gasteiger partial charge in [0.05, 0.1) is 27.4 Å². The summed E-state index contributed by atoms with van der Waals surface area (Å²) in [4.78, 5) is 40.8. The molecule has 3 saturated heterocycles. The molecule has 8 nitrogen and oxygen atoms in total. The van der Waals surface area contributed by atoms with Gasteiger partial charge in [0.1, 0.15) is 23.1 Å². The lowest BCUT2D eigenvalue weighted by Gasteiger charge is -2.40. The highest BCUT2D eigenvalue weighted by molar-refractivity contribution is 7.18. The average Bonchev–Trinajstić information content (AvgIpc) is 3.46. The molecule has 3 aliphatic rings. The van der Waals surface area contributed by atoms with Gasteiger partial charge in [-0.2, -0.15) is 0 Å². The summed E-state index contributed by atoms with van der Waals surface area (Å²) in [6.07, 6.45) is 6.33. The van der Waals surface area contributed by atoms with Gasteiger partial charge in [-0.05, 0) is 74.9 Å². The van der Waals surface area contributed by atoms with Gasteiger partial charge in [0.25, 0.3) is 11.8 Å². The first-order valence-corrected chi connectivity index (χ1v) is 15.6. The molecular formula is C32H34N4O4S. The van der Waals surface area contributed by atoms with Crippen molar-refractivity contribution >= 4 is 44.3 Å². The first-order chi connectivity index (χ1) is 20.1. The summed E-state index contributed by atoms with van der Waals surface area (Å²) < 4.78 is 13.2. The molecule has 0 bridgehead atoms. The molecule has 3 aliphatic heterocycles. The maximum Gasteiger partial charge on any atom is 0.272 e. The van der Waals surface area contributed by atoms with Gasteiger partial charge in [0.15, 0.2) is 0 Å². The number of para-hydroxylation sites is 1. The number of pyridine rings is 1. The number of amides is 2. The Kier molecular flexibility index (Phi) is 7.31. The molecule has 0 saturated carbocycles. The quantitative estimate of drug-likeness (QED) is 0.307. The van der Waals surface area contributed by atoms with Crippen LogP contribution < -0.4 is 4.74 Å². The van der Waals surface area contributed by atoms with Gasteiger partial charge in [0.2, 0.25) is 0 Å². The summed E-state index contributed by atoms with van der Waals surface area (Å²) in [5, 5.41) is 1.60. The molecule has 3 fully saturated rings. The zero-order valence-electron chi connectivity index (χ0n) is 23.1. The standard InChI is InChI=1S/C32H34N4O4S/c37-31(35-13-4-1-5-14-35)24-18-27(32(38)36-15-12-28-21(19-36)7-6-16-39-28)33-25-11-10-22(17-23(24)25)40-20-30-34-26-8-2-3-9-29(26)41-30/h2-3,8-11,17-18,21,28H,1,4-7,12-16,19-20H2/t21-,28-/m1/s1. The third kappa shape index (κ3) is 5.40. The van der Waals surface area contributed by atoms with Crippen LogP contribution in [-0.4, -0.2) is 70.5 Å². The molecule has 0 unspecified atom stereocenters. The summed E-state index contributed by atoms with van der Waals surface area (Å²) in [7, 11) is 0. The molecule has 0 aliphatic carbocycles. The van der Waals surface area contributed by atoms with Crippen molar-refractivity contribution in [1.82, 2.24) is 19.8 Å². The second-order valence-corrected chi connectivity index (χ2v) is 12.4. The lowest BCUT2D eigenvalue weighted by Crippen LogP contribution is -2.48. The van der Waals surface area contributed by atoms with Gasteiger partial charge in [-0.3, -0.25) is 9.59 Å². The van der Waals surface area contributed by atoms with Crippen molar-refractivity contribution in [2.75, 3.05) is 32.8 Å². The smallest absolute Gasteiger partial charge is 0.272 e. The lowest BCUT2D eigenvalue weighted by atomic mass is 9.88. The van der Waals surface area contributed by atoms with E-state index in [9.17, 15) is 9.59 Å². The van der Waals surface area contributed by atoms with Crippen LogP contribution >= 0.6 is 11.3 Å². The molecule has 7 rings (SSSR count). The van der Waals surface area contributed by atoms with Crippen LogP contribution in [0, 0.1) is 5.92 Å². The number of benzene rings is 2. The molecule has 212 valence electrons. The fraction of sp³-hybridized carbons (Fsp3) is 0.438. The van der Waals surface area contributed by atoms with Gasteiger partial charge < -0.3 is 19.3 Å². The van der Waals surface area contributed by atoms with Crippen molar-refractivity contribution in [1.29, 1.82) is 0 Å². The van der Waals surface area contributed by atoms with E-state index >= 15 is 0 Å². The van der Waals surface area contributed by atoms with Crippen LogP contribution in [-0.2, 0) is 11.3 Å². The molecule has 5 heterocycles. The minimum absolute atomic E-state index is 0.0474. The molecule has 0 N–H and O–H groups in total. The number of thiazole rings is 1. The zero-order chi connectivity index (χ0) is 27.8. The molecule has 0 spiro atoms. The van der Waals surface area contributed by atoms with Crippen LogP contribution in [0.4, 0.5) is 0 Å². The molecule has 41 heavy (non-hydrogen) atoms. The van der Waals surface area contributed by atoms with E-state index in [2.05, 4.69) is 11.1 Å². The Morgan fingerprint density at radius 3 is 2.66 bits per heavy atom. The number of carbonyl (C=O) groups is 2. The number of carbonyl (C=O) groups excluding carboxylic acids is 2. The van der Waals surface area contributed by atoms with E-state index in [1.54, 1.807) is 17.4 Å². The number of piperidine rings is 2. The summed E-state index contributed by atoms with van der Waals surface area (Å²) in [5.74, 6) is 0.852. The fourth-order valence-electron chi connectivity index (χ4n) is 6.41. The largest absolute Gasteiger partial charge is 0.486 e. The van der Waals surface area contributed by atoms with Crippen LogP contribution in [0.15, 0.2) is 48.5 Å². The Bertz CT molecular complexity index is 1560. The van der Waals surface area contributed by atoms with Crippen molar-refractivity contribution in [3.05, 3.63) is 64.8 Å². The van der Waals surface area contributed by atoms with Gasteiger partial charge in [0, 0.05) is 44.1 Å². The number of fused-ring (bicyclic) bond motifs is 3. The molecule has 2 atom stereocenters. The van der Waals surface area contributed by atoms with Crippen molar-refractivity contribution in [3.8, 4) is 5.75 Å². The average molecular weight is 571 g/mol. The Labute approximate surface area is 243 Å². The molecule has 2 aromatic carbocycles. The van der Waals surface area contributed by atoms with Crippen molar-refractivity contribution < 1.29 is 19.1 Å². The molecule has 2 aromatic heterocycles. The third-order valence-corrected chi connectivity index (χ3v) is 9.59. The Hall–Kier alpha value is -3.56. The number of rotatable bonds is 5. The predicted molar refractivity (Wildman–Crippen MR) is 158 cm³/mol. The number of aromatic nitrogens is 2. The second-order valence-electron chi connectivity index (χ2n) is 11.3. The van der Waals surface area contributed by atoms with Gasteiger partial charge in [-0.15, -0.1) is 11.3 Å². The summed E-state index contributed by atoms with van der Waals surface area (Å²) in [6, 6.07) is 15.3. The van der Waals surface area contributed by atoms with Crippen LogP contribution in [0.25, 0.3) is 21.1 Å². The van der Waals surface area contributed by atoms with E-state index in [4.69, 9.17) is 14.5 Å². The number of likely N-dealkylation sites (tertiary alicyclic amines) is 2. The van der Waals surface area contributed by atoms with E-state index in [1.807, 2.05) is 46.2 Å². The maximum atomic E-state index is 13.9. The zero-order valence-corrected chi connectivity index (χ0v) is 23.9. The molecule has 4 aromatic rings. The van der Waals surface area contributed by atoms with Crippen molar-refractivity contribution in [2.45, 2.75) is 51.2 Å². The molecule has 0 radical (unpaired) electrons. The normalized spacial score (nSPS) is 21.2. The molecule has 2 amide bonds. The van der Waals surface area contributed by atoms with Gasteiger partial charge >= 0.3 is 0 Å². The summed E-state index contributed by atoms with van der Waals surface area (Å²) in [6.45, 7) is 3.94. The minimum atomic E-state index is -0.111. The number of hydrogen-bond acceptors (Lipinski definition) is 7. The Balaban J connectivity index is 1.18. The van der Waals surface area contributed by atoms with E-state index in [1.165, 1.54) is 0 Å². The van der Waals surface area contributed by atoms with Gasteiger partial charge in [-0.25, -0.2) is 9.97 Å². The summed E-state index contributed by atoms with van der Waals surface area (Å²) in [5.41, 5.74) is 2.43. The van der Waals surface area contributed by atoms with Crippen LogP contribution in [0.1, 0.15) is 64.4 Å². The summed E-state index contributed by atoms with van der Waals surface area (Å²) >= 11 is 1.61. The lowest BCUT2D eigenvalue weighted by molar-refractivity contribution is -0.0607. The number of nitrogens with zero attached hydrogens (tertiary/aromatic N) is 4. The Morgan fingerprint density at radius 1 is 0.902 bits per heavy atom. The minimum Gasteiger partial charge on any atom is -0.486 e. The predicted octanol–water partition coefficient (Wildman–Crippen LogP) is 5.69. The maximum absolute atomic E-state index is 13.9. The highest BCUT2D eigenvalue weighted by Gasteiger charge is 2.35. The van der Waals surface area contributed by atoms with Crippen LogP contribution in [0.3, 0.4) is 0 Å². The molecular weight excluding hydrogens is 536 g/mol. The van der Waals surface area contributed by atoms with Gasteiger partial charge in [-0.1, -0.05) is 12.1 Å². The second kappa shape index (κ2) is 11.4. The van der Waals surface area contributed by atoms with Crippen LogP contribution in [0.5, 0.6) is 5.75 Å². The van der Waals surface area contributed by atoms with Crippen molar-refractivity contribution in [3.63, 3.8) is 0 Å². The monoisotopic (exact) mass is 570 g/mol. The third-order valence-electron chi connectivity index (χ3n) is 8.58. The molecule has 9 heteroatoms. The van der Waals surface area contributed by atoms with E-state index in [0.29, 0.717) is 53.5 Å². The van der Waals surface area contributed by atoms with E-state index in [0.717, 1.165) is 73.4 Å².